The Bertz CT molecular complexity index is 543. The Hall–Kier alpha value is -1.89. The maximum atomic E-state index is 12.1. The highest BCUT2D eigenvalue weighted by Crippen LogP contribution is 2.30. The van der Waals surface area contributed by atoms with Gasteiger partial charge in [0, 0.05) is 14.0 Å². The van der Waals surface area contributed by atoms with E-state index >= 15 is 0 Å². The van der Waals surface area contributed by atoms with Gasteiger partial charge in [-0.15, -0.1) is 11.3 Å². The molecule has 0 bridgehead atoms. The lowest BCUT2D eigenvalue weighted by Gasteiger charge is -2.19. The smallest absolute Gasteiger partial charge is 0.341 e. The lowest BCUT2D eigenvalue weighted by atomic mass is 10.2. The van der Waals surface area contributed by atoms with Gasteiger partial charge < -0.3 is 15.4 Å². The van der Waals surface area contributed by atoms with Gasteiger partial charge >= 0.3 is 5.97 Å². The molecule has 0 atom stereocenters. The van der Waals surface area contributed by atoms with E-state index < -0.39 is 11.6 Å². The van der Waals surface area contributed by atoms with E-state index in [0.717, 1.165) is 11.3 Å². The van der Waals surface area contributed by atoms with E-state index in [0.29, 0.717) is 9.88 Å². The first kappa shape index (κ1) is 16.2. The average Bonchev–Trinajstić information content (AvgIpc) is 2.68. The molecule has 0 aromatic carbocycles. The number of hydrogen-bond acceptors (Lipinski definition) is 5. The van der Waals surface area contributed by atoms with Gasteiger partial charge in [0.15, 0.2) is 0 Å². The molecular weight excluding hydrogens is 280 g/mol. The molecule has 0 saturated carbocycles. The summed E-state index contributed by atoms with van der Waals surface area (Å²) in [5.74, 6) is -1.22. The van der Waals surface area contributed by atoms with Crippen molar-refractivity contribution >= 4 is 34.1 Å². The highest BCUT2D eigenvalue weighted by molar-refractivity contribution is 7.18. The van der Waals surface area contributed by atoms with Gasteiger partial charge in [-0.05, 0) is 26.8 Å². The Morgan fingerprint density at radius 3 is 2.30 bits per heavy atom. The Balaban J connectivity index is 3.14. The minimum atomic E-state index is -0.653. The van der Waals surface area contributed by atoms with Crippen molar-refractivity contribution in [2.75, 3.05) is 12.4 Å². The highest BCUT2D eigenvalue weighted by Gasteiger charge is 2.24. The molecule has 20 heavy (non-hydrogen) atoms. The van der Waals surface area contributed by atoms with Gasteiger partial charge in [0.05, 0.1) is 10.4 Å². The Labute approximate surface area is 121 Å². The van der Waals surface area contributed by atoms with Crippen LogP contribution in [0.15, 0.2) is 6.07 Å². The third kappa shape index (κ3) is 4.34. The Morgan fingerprint density at radius 1 is 1.25 bits per heavy atom. The number of thiophene rings is 1. The molecule has 2 N–H and O–H groups in total. The summed E-state index contributed by atoms with van der Waals surface area (Å²) in [6.45, 7) is 6.57. The lowest BCUT2D eigenvalue weighted by Crippen LogP contribution is -2.24. The summed E-state index contributed by atoms with van der Waals surface area (Å²) < 4.78 is 5.26. The lowest BCUT2D eigenvalue weighted by molar-refractivity contribution is -0.114. The van der Waals surface area contributed by atoms with Gasteiger partial charge in [0.25, 0.3) is 5.91 Å². The normalized spacial score (nSPS) is 10.8. The minimum absolute atomic E-state index is 0.179. The van der Waals surface area contributed by atoms with Crippen LogP contribution < -0.4 is 10.6 Å². The van der Waals surface area contributed by atoms with Crippen molar-refractivity contribution in [3.8, 4) is 0 Å². The molecule has 0 radical (unpaired) electrons. The molecule has 1 rings (SSSR count). The Morgan fingerprint density at radius 2 is 1.85 bits per heavy atom. The molecule has 0 aliphatic heterocycles. The molecule has 110 valence electrons. The topological polar surface area (TPSA) is 84.5 Å². The summed E-state index contributed by atoms with van der Waals surface area (Å²) in [6, 6.07) is 1.42. The van der Waals surface area contributed by atoms with Gasteiger partial charge in [-0.2, -0.15) is 0 Å². The number of rotatable bonds is 3. The first-order chi connectivity index (χ1) is 9.14. The second-order valence-electron chi connectivity index (χ2n) is 5.12. The van der Waals surface area contributed by atoms with Gasteiger partial charge in [0.1, 0.15) is 10.6 Å². The van der Waals surface area contributed by atoms with E-state index in [1.54, 1.807) is 20.8 Å². The van der Waals surface area contributed by atoms with E-state index in [2.05, 4.69) is 10.6 Å². The largest absolute Gasteiger partial charge is 0.456 e. The summed E-state index contributed by atoms with van der Waals surface area (Å²) >= 11 is 1.03. The SMILES string of the molecule is CNC(=O)c1cc(C(=O)OC(C)(C)C)c(NC(C)=O)s1. The predicted octanol–water partition coefficient (Wildman–Crippen LogP) is 2.02. The summed E-state index contributed by atoms with van der Waals surface area (Å²) in [6.07, 6.45) is 0. The average molecular weight is 298 g/mol. The first-order valence-corrected chi connectivity index (χ1v) is 6.82. The van der Waals surface area contributed by atoms with E-state index in [1.807, 2.05) is 0 Å². The number of amides is 2. The first-order valence-electron chi connectivity index (χ1n) is 6.01. The summed E-state index contributed by atoms with van der Waals surface area (Å²) in [5, 5.41) is 5.32. The van der Waals surface area contributed by atoms with Crippen molar-refractivity contribution in [3.63, 3.8) is 0 Å². The highest BCUT2D eigenvalue weighted by atomic mass is 32.1. The number of carbonyl (C=O) groups is 3. The molecule has 2 amide bonds. The van der Waals surface area contributed by atoms with Crippen LogP contribution in [0.25, 0.3) is 0 Å². The fourth-order valence-electron chi connectivity index (χ4n) is 1.36. The molecular formula is C13H18N2O4S. The van der Waals surface area contributed by atoms with Gasteiger partial charge in [-0.3, -0.25) is 9.59 Å². The monoisotopic (exact) mass is 298 g/mol. The zero-order valence-corrected chi connectivity index (χ0v) is 12.9. The molecule has 0 aliphatic rings. The van der Waals surface area contributed by atoms with Crippen LogP contribution in [0, 0.1) is 0 Å². The van der Waals surface area contributed by atoms with Crippen LogP contribution in [0.5, 0.6) is 0 Å². The maximum absolute atomic E-state index is 12.1. The van der Waals surface area contributed by atoms with Crippen molar-refractivity contribution in [1.82, 2.24) is 5.32 Å². The van der Waals surface area contributed by atoms with E-state index in [1.165, 1.54) is 20.0 Å². The predicted molar refractivity (Wildman–Crippen MR) is 77.2 cm³/mol. The van der Waals surface area contributed by atoms with Gasteiger partial charge in [0.2, 0.25) is 5.91 Å². The molecule has 0 aliphatic carbocycles. The van der Waals surface area contributed by atoms with Crippen molar-refractivity contribution in [1.29, 1.82) is 0 Å². The summed E-state index contributed by atoms with van der Waals surface area (Å²) in [4.78, 5) is 35.2. The number of nitrogens with one attached hydrogen (secondary N) is 2. The van der Waals surface area contributed by atoms with Crippen molar-refractivity contribution < 1.29 is 19.1 Å². The molecule has 1 heterocycles. The van der Waals surface area contributed by atoms with Crippen LogP contribution >= 0.6 is 11.3 Å². The van der Waals surface area contributed by atoms with Crippen LogP contribution in [-0.2, 0) is 9.53 Å². The van der Waals surface area contributed by atoms with E-state index in [-0.39, 0.29) is 17.4 Å². The van der Waals surface area contributed by atoms with E-state index in [4.69, 9.17) is 4.74 Å². The summed E-state index contributed by atoms with van der Waals surface area (Å²) in [7, 11) is 1.49. The van der Waals surface area contributed by atoms with Crippen LogP contribution in [0.4, 0.5) is 5.00 Å². The Kier molecular flexibility index (Phi) is 4.88. The maximum Gasteiger partial charge on any atom is 0.341 e. The minimum Gasteiger partial charge on any atom is -0.456 e. The van der Waals surface area contributed by atoms with Gasteiger partial charge in [-0.25, -0.2) is 4.79 Å². The van der Waals surface area contributed by atoms with Crippen LogP contribution in [0.1, 0.15) is 47.7 Å². The number of hydrogen-bond donors (Lipinski definition) is 2. The third-order valence-corrected chi connectivity index (χ3v) is 3.14. The quantitative estimate of drug-likeness (QED) is 0.836. The van der Waals surface area contributed by atoms with E-state index in [9.17, 15) is 14.4 Å². The standard InChI is InChI=1S/C13H18N2O4S/c1-7(16)15-11-8(12(18)19-13(2,3)4)6-9(20-11)10(17)14-5/h6H,1-5H3,(H,14,17)(H,15,16). The fraction of sp³-hybridized carbons (Fsp3) is 0.462. The third-order valence-electron chi connectivity index (χ3n) is 2.09. The molecule has 0 saturated heterocycles. The molecule has 1 aromatic rings. The number of anilines is 1. The molecule has 7 heteroatoms. The number of ether oxygens (including phenoxy) is 1. The van der Waals surface area contributed by atoms with Crippen LogP contribution in [0.2, 0.25) is 0 Å². The molecule has 6 nitrogen and oxygen atoms in total. The summed E-state index contributed by atoms with van der Waals surface area (Å²) in [5.41, 5.74) is -0.474. The van der Waals surface area contributed by atoms with Crippen molar-refractivity contribution in [2.24, 2.45) is 0 Å². The number of carbonyl (C=O) groups excluding carboxylic acids is 3. The zero-order valence-electron chi connectivity index (χ0n) is 12.1. The van der Waals surface area contributed by atoms with Crippen LogP contribution in [-0.4, -0.2) is 30.4 Å². The molecule has 0 fully saturated rings. The fourth-order valence-corrected chi connectivity index (χ4v) is 2.40. The van der Waals surface area contributed by atoms with Crippen molar-refractivity contribution in [2.45, 2.75) is 33.3 Å². The number of esters is 1. The molecule has 0 unspecified atom stereocenters. The second-order valence-corrected chi connectivity index (χ2v) is 6.17. The van der Waals surface area contributed by atoms with Crippen molar-refractivity contribution in [3.05, 3.63) is 16.5 Å². The van der Waals surface area contributed by atoms with Crippen LogP contribution in [0.3, 0.4) is 0 Å². The van der Waals surface area contributed by atoms with Gasteiger partial charge in [-0.1, -0.05) is 0 Å². The molecule has 0 spiro atoms. The zero-order chi connectivity index (χ0) is 15.5. The molecule has 1 aromatic heterocycles. The second kappa shape index (κ2) is 6.04.